The predicted octanol–water partition coefficient (Wildman–Crippen LogP) is 2.22. The molecule has 0 saturated heterocycles. The van der Waals surface area contributed by atoms with E-state index in [1.807, 2.05) is 0 Å². The zero-order chi connectivity index (χ0) is 18.9. The fraction of sp³-hybridized carbons (Fsp3) is 0.267. The number of halogens is 2. The van der Waals surface area contributed by atoms with Crippen molar-refractivity contribution in [1.29, 1.82) is 0 Å². The van der Waals surface area contributed by atoms with Gasteiger partial charge in [0.2, 0.25) is 0 Å². The minimum Gasteiger partial charge on any atom is -0.404 e. The minimum atomic E-state index is -2.89. The summed E-state index contributed by atoms with van der Waals surface area (Å²) in [4.78, 5) is 4.27. The van der Waals surface area contributed by atoms with E-state index in [-0.39, 0.29) is 12.1 Å². The highest BCUT2D eigenvalue weighted by Crippen LogP contribution is 2.37. The first-order chi connectivity index (χ1) is 11.5. The molecule has 10 heteroatoms. The number of likely N-dealkylation sites (N-methyl/N-ethyl adjacent to an activating group) is 1. The van der Waals surface area contributed by atoms with Gasteiger partial charge in [-0.3, -0.25) is 9.11 Å². The molecule has 0 saturated carbocycles. The maximum atomic E-state index is 13.4. The van der Waals surface area contributed by atoms with Crippen LogP contribution in [0.2, 0.25) is 0 Å². The van der Waals surface area contributed by atoms with Crippen LogP contribution >= 0.6 is 10.8 Å². The Morgan fingerprint density at radius 2 is 1.96 bits per heavy atom. The van der Waals surface area contributed by atoms with Gasteiger partial charge in [-0.25, -0.2) is 18.1 Å². The summed E-state index contributed by atoms with van der Waals surface area (Å²) in [7, 11) is 0.274. The average Bonchev–Trinajstić information content (AvgIpc) is 2.81. The lowest BCUT2D eigenvalue weighted by atomic mass is 10.2. The second-order valence-electron chi connectivity index (χ2n) is 5.67. The van der Waals surface area contributed by atoms with Gasteiger partial charge in [-0.05, 0) is 6.08 Å². The molecule has 6 N–H and O–H groups in total. The molecule has 2 rings (SSSR count). The van der Waals surface area contributed by atoms with Gasteiger partial charge in [0, 0.05) is 50.0 Å². The molecule has 0 amide bonds. The smallest absolute Gasteiger partial charge is 0.161 e. The van der Waals surface area contributed by atoms with Crippen LogP contribution in [-0.4, -0.2) is 42.8 Å². The maximum Gasteiger partial charge on any atom is 0.161 e. The zero-order valence-electron chi connectivity index (χ0n) is 14.1. The van der Waals surface area contributed by atoms with E-state index in [9.17, 15) is 17.9 Å². The number of aromatic nitrogens is 2. The van der Waals surface area contributed by atoms with Crippen molar-refractivity contribution >= 4 is 27.4 Å². The van der Waals surface area contributed by atoms with Crippen molar-refractivity contribution in [3.05, 3.63) is 47.6 Å². The Labute approximate surface area is 145 Å². The van der Waals surface area contributed by atoms with Crippen LogP contribution in [0.3, 0.4) is 0 Å². The molecule has 0 aliphatic carbocycles. The lowest BCUT2D eigenvalue weighted by Crippen LogP contribution is -2.27. The van der Waals surface area contributed by atoms with Crippen molar-refractivity contribution in [2.24, 2.45) is 18.5 Å². The number of fused-ring (bicyclic) bond motifs is 1. The number of nitrogens with two attached hydrogens (primary N) is 2. The highest BCUT2D eigenvalue weighted by atomic mass is 32.3. The molecule has 0 aliphatic rings. The number of hydrogen-bond acceptors (Lipinski definition) is 6. The first-order valence-corrected chi connectivity index (χ1v) is 9.10. The van der Waals surface area contributed by atoms with Crippen LogP contribution in [0.15, 0.2) is 30.1 Å². The van der Waals surface area contributed by atoms with Gasteiger partial charge < -0.3 is 16.0 Å². The zero-order valence-corrected chi connectivity index (χ0v) is 14.9. The Kier molecular flexibility index (Phi) is 5.37. The summed E-state index contributed by atoms with van der Waals surface area (Å²) in [6.45, 7) is 0.0867. The first kappa shape index (κ1) is 19.2. The summed E-state index contributed by atoms with van der Waals surface area (Å²) in [5.41, 5.74) is 13.0. The Hall–Kier alpha value is -2.14. The molecule has 0 radical (unpaired) electrons. The van der Waals surface area contributed by atoms with E-state index in [1.165, 1.54) is 29.9 Å². The van der Waals surface area contributed by atoms with E-state index in [0.29, 0.717) is 22.6 Å². The molecule has 1 aromatic heterocycles. The monoisotopic (exact) mass is 373 g/mol. The third kappa shape index (κ3) is 4.10. The van der Waals surface area contributed by atoms with Gasteiger partial charge in [-0.15, -0.1) is 10.8 Å². The fourth-order valence-electron chi connectivity index (χ4n) is 2.26. The van der Waals surface area contributed by atoms with Crippen LogP contribution in [0.5, 0.6) is 0 Å². The summed E-state index contributed by atoms with van der Waals surface area (Å²) < 4.78 is 48.9. The standard InChI is InChI=1S/C15H21F2N5O2S/c1-21(25(3,23)24)8-10(19)4-9(7-18)15-20-13-5-11(16)12(17)6-14(13)22(15)2/h4-7,23-24H,8,18-19H2,1-3H3/b9-7+,10-4-. The number of nitrogens with zero attached hydrogens (tertiary/aromatic N) is 3. The maximum absolute atomic E-state index is 13.4. The van der Waals surface area contributed by atoms with Crippen LogP contribution in [0, 0.1) is 11.6 Å². The van der Waals surface area contributed by atoms with Crippen molar-refractivity contribution in [3.63, 3.8) is 0 Å². The van der Waals surface area contributed by atoms with E-state index in [1.54, 1.807) is 11.6 Å². The first-order valence-electron chi connectivity index (χ1n) is 7.19. The third-order valence-corrected chi connectivity index (χ3v) is 5.01. The summed E-state index contributed by atoms with van der Waals surface area (Å²) in [5.74, 6) is -1.58. The minimum absolute atomic E-state index is 0.0867. The second-order valence-corrected chi connectivity index (χ2v) is 7.88. The van der Waals surface area contributed by atoms with Crippen LogP contribution in [0.4, 0.5) is 8.78 Å². The molecule has 1 heterocycles. The SMILES string of the molecule is CN(C/C(N)=C/C(=C\N)c1nc2cc(F)c(F)cc2n1C)S(C)(O)O. The lowest BCUT2D eigenvalue weighted by molar-refractivity contribution is 0.403. The third-order valence-electron chi connectivity index (χ3n) is 3.70. The van der Waals surface area contributed by atoms with Crippen LogP contribution < -0.4 is 11.5 Å². The molecule has 0 atom stereocenters. The topological polar surface area (TPSA) is 114 Å². The molecule has 0 unspecified atom stereocenters. The Morgan fingerprint density at radius 1 is 1.36 bits per heavy atom. The van der Waals surface area contributed by atoms with E-state index in [2.05, 4.69) is 4.98 Å². The van der Waals surface area contributed by atoms with E-state index in [0.717, 1.165) is 12.1 Å². The molecule has 1 aromatic carbocycles. The van der Waals surface area contributed by atoms with Gasteiger partial charge in [0.1, 0.15) is 5.82 Å². The molecule has 7 nitrogen and oxygen atoms in total. The number of imidazole rings is 1. The van der Waals surface area contributed by atoms with Crippen LogP contribution in [0.25, 0.3) is 16.6 Å². The number of allylic oxidation sites excluding steroid dienone is 2. The highest BCUT2D eigenvalue weighted by molar-refractivity contribution is 8.21. The summed E-state index contributed by atoms with van der Waals surface area (Å²) in [5, 5.41) is 0. The number of benzene rings is 1. The van der Waals surface area contributed by atoms with Crippen molar-refractivity contribution in [3.8, 4) is 0 Å². The molecule has 0 aliphatic heterocycles. The molecule has 25 heavy (non-hydrogen) atoms. The largest absolute Gasteiger partial charge is 0.404 e. The quantitative estimate of drug-likeness (QED) is 0.598. The van der Waals surface area contributed by atoms with Crippen molar-refractivity contribution in [2.45, 2.75) is 0 Å². The van der Waals surface area contributed by atoms with E-state index < -0.39 is 22.4 Å². The Bertz CT molecular complexity index is 858. The summed E-state index contributed by atoms with van der Waals surface area (Å²) in [6, 6.07) is 2.07. The molecule has 0 fully saturated rings. The Morgan fingerprint density at radius 3 is 2.52 bits per heavy atom. The second kappa shape index (κ2) is 7.00. The van der Waals surface area contributed by atoms with Gasteiger partial charge in [-0.1, -0.05) is 0 Å². The van der Waals surface area contributed by atoms with Crippen molar-refractivity contribution < 1.29 is 17.9 Å². The lowest BCUT2D eigenvalue weighted by Gasteiger charge is -2.36. The van der Waals surface area contributed by atoms with E-state index in [4.69, 9.17) is 11.5 Å². The van der Waals surface area contributed by atoms with E-state index >= 15 is 0 Å². The van der Waals surface area contributed by atoms with Gasteiger partial charge in [0.15, 0.2) is 11.6 Å². The number of hydrogen-bond donors (Lipinski definition) is 4. The van der Waals surface area contributed by atoms with Crippen molar-refractivity contribution in [1.82, 2.24) is 13.9 Å². The molecule has 2 aromatic rings. The fourth-order valence-corrected chi connectivity index (χ4v) is 2.65. The van der Waals surface area contributed by atoms with Gasteiger partial charge in [0.25, 0.3) is 0 Å². The normalized spacial score (nSPS) is 14.6. The number of aryl methyl sites for hydroxylation is 1. The summed E-state index contributed by atoms with van der Waals surface area (Å²) >= 11 is 0. The van der Waals surface area contributed by atoms with Gasteiger partial charge in [0.05, 0.1) is 17.6 Å². The van der Waals surface area contributed by atoms with Crippen LogP contribution in [-0.2, 0) is 7.05 Å². The molecular formula is C15H21F2N5O2S. The predicted molar refractivity (Wildman–Crippen MR) is 96.5 cm³/mol. The number of rotatable bonds is 5. The van der Waals surface area contributed by atoms with Gasteiger partial charge >= 0.3 is 0 Å². The molecule has 0 bridgehead atoms. The highest BCUT2D eigenvalue weighted by Gasteiger charge is 2.16. The molecular weight excluding hydrogens is 352 g/mol. The van der Waals surface area contributed by atoms with Gasteiger partial charge in [-0.2, -0.15) is 0 Å². The van der Waals surface area contributed by atoms with Crippen molar-refractivity contribution in [2.75, 3.05) is 19.8 Å². The van der Waals surface area contributed by atoms with Crippen LogP contribution in [0.1, 0.15) is 5.82 Å². The Balaban J connectivity index is 2.40. The molecule has 0 spiro atoms. The average molecular weight is 373 g/mol. The molecule has 138 valence electrons. The summed E-state index contributed by atoms with van der Waals surface area (Å²) in [6.07, 6.45) is 4.08.